The van der Waals surface area contributed by atoms with Crippen LogP contribution in [0.1, 0.15) is 12.6 Å². The van der Waals surface area contributed by atoms with Gasteiger partial charge >= 0.3 is 1.43 Å². The van der Waals surface area contributed by atoms with E-state index in [1.54, 1.807) is 30.3 Å². The number of allylic oxidation sites excluding steroid dienone is 1. The Kier molecular flexibility index (Phi) is 6.33. The van der Waals surface area contributed by atoms with Gasteiger partial charge in [0.25, 0.3) is 20.2 Å². The Hall–Kier alpha value is -2.53. The number of benzene rings is 2. The number of nitrogens with one attached hydrogen (secondary N) is 1. The van der Waals surface area contributed by atoms with E-state index in [0.717, 1.165) is 0 Å². The van der Waals surface area contributed by atoms with Crippen molar-refractivity contribution in [3.8, 4) is 5.75 Å². The standard InChI is InChI=1S/C16H12N2O8S2.Cr/c19-13-6-5-9-3-1-2-4-11(9)15(13)18-17-12-7-10(27(21,22)23)8-14(16(12)20)28(24,25)26;/h1-8,17,20H,(H,21,22,23)(H,24,25,26);/p+1/b18-15-;. The summed E-state index contributed by atoms with van der Waals surface area (Å²) in [7, 11) is -9.91. The number of nitrogens with zero attached hydrogens (tertiary/aromatic N) is 1. The molecular formula is C16H13CrN2O8S2+. The number of hydrazone groups is 1. The molecule has 0 aromatic heterocycles. The molecular weight excluding hydrogens is 464 g/mol. The second kappa shape index (κ2) is 8.07. The summed E-state index contributed by atoms with van der Waals surface area (Å²) in [6, 6.07) is 7.80. The Morgan fingerprint density at radius 1 is 0.966 bits per heavy atom. The van der Waals surface area contributed by atoms with E-state index in [0.29, 0.717) is 23.3 Å². The molecule has 0 amide bonds. The second-order valence-corrected chi connectivity index (χ2v) is 8.44. The molecule has 13 heteroatoms. The van der Waals surface area contributed by atoms with Crippen LogP contribution in [0.2, 0.25) is 0 Å². The molecule has 0 unspecified atom stereocenters. The quantitative estimate of drug-likeness (QED) is 0.289. The summed E-state index contributed by atoms with van der Waals surface area (Å²) in [5.41, 5.74) is 2.68. The molecule has 0 bridgehead atoms. The molecule has 0 radical (unpaired) electrons. The topological polar surface area (TPSA) is 170 Å². The SMILES string of the molecule is O=C1C=Cc2ccccc2/C1=N/Nc1cc(S(=O)(=O)O)cc(S(=O)(=O)O)c1O.[Cr].[H+]. The Bertz CT molecular complexity index is 1270. The number of rotatable bonds is 4. The number of aromatic hydroxyl groups is 1. The molecule has 4 N–H and O–H groups in total. The Labute approximate surface area is 177 Å². The van der Waals surface area contributed by atoms with E-state index in [4.69, 9.17) is 0 Å². The van der Waals surface area contributed by atoms with Crippen LogP contribution in [0.4, 0.5) is 5.69 Å². The first-order chi connectivity index (χ1) is 13.0. The van der Waals surface area contributed by atoms with Gasteiger partial charge in [-0.3, -0.25) is 19.3 Å². The van der Waals surface area contributed by atoms with Crippen molar-refractivity contribution in [2.45, 2.75) is 9.79 Å². The van der Waals surface area contributed by atoms with E-state index in [2.05, 4.69) is 10.5 Å². The normalized spacial score (nSPS) is 15.0. The van der Waals surface area contributed by atoms with Crippen LogP contribution in [0.25, 0.3) is 6.08 Å². The molecule has 1 aliphatic carbocycles. The minimum Gasteiger partial charge on any atom is -0.504 e. The van der Waals surface area contributed by atoms with Gasteiger partial charge in [0.05, 0.1) is 4.90 Å². The molecule has 0 saturated carbocycles. The fraction of sp³-hybridized carbons (Fsp3) is 0. The molecule has 3 rings (SSSR count). The van der Waals surface area contributed by atoms with Gasteiger partial charge in [0, 0.05) is 22.9 Å². The molecule has 0 spiro atoms. The van der Waals surface area contributed by atoms with Crippen molar-refractivity contribution in [2.75, 3.05) is 5.43 Å². The number of phenols is 1. The summed E-state index contributed by atoms with van der Waals surface area (Å²) in [5.74, 6) is -1.54. The van der Waals surface area contributed by atoms with Gasteiger partial charge in [-0.25, -0.2) is 0 Å². The van der Waals surface area contributed by atoms with E-state index in [-0.39, 0.29) is 24.5 Å². The molecule has 152 valence electrons. The van der Waals surface area contributed by atoms with E-state index in [9.17, 15) is 35.8 Å². The summed E-state index contributed by atoms with van der Waals surface area (Å²) < 4.78 is 63.9. The number of hydrogen-bond donors (Lipinski definition) is 4. The number of hydrogen-bond acceptors (Lipinski definition) is 8. The molecule has 29 heavy (non-hydrogen) atoms. The third-order valence-corrected chi connectivity index (χ3v) is 5.47. The van der Waals surface area contributed by atoms with E-state index in [1.807, 2.05) is 0 Å². The maximum absolute atomic E-state index is 12.1. The second-order valence-electron chi connectivity index (χ2n) is 5.62. The zero-order valence-corrected chi connectivity index (χ0v) is 17.1. The molecule has 2 aromatic rings. The fourth-order valence-electron chi connectivity index (χ4n) is 2.48. The van der Waals surface area contributed by atoms with E-state index < -0.39 is 47.2 Å². The van der Waals surface area contributed by atoms with Crippen LogP contribution in [0.15, 0.2) is 57.4 Å². The van der Waals surface area contributed by atoms with Gasteiger partial charge in [0.1, 0.15) is 16.3 Å². The fourth-order valence-corrected chi connectivity index (χ4v) is 3.72. The van der Waals surface area contributed by atoms with Crippen molar-refractivity contribution in [3.63, 3.8) is 0 Å². The predicted octanol–water partition coefficient (Wildman–Crippen LogP) is 1.41. The molecule has 1 aliphatic rings. The maximum atomic E-state index is 12.1. The minimum atomic E-state index is -5.03. The van der Waals surface area contributed by atoms with Crippen molar-refractivity contribution < 1.29 is 54.6 Å². The summed E-state index contributed by atoms with van der Waals surface area (Å²) in [5, 5.41) is 13.9. The number of carbonyl (C=O) groups is 1. The molecule has 0 fully saturated rings. The molecule has 0 saturated heterocycles. The molecule has 2 aromatic carbocycles. The Morgan fingerprint density at radius 3 is 2.24 bits per heavy atom. The number of carbonyl (C=O) groups excluding carboxylic acids is 1. The monoisotopic (exact) mass is 477 g/mol. The summed E-state index contributed by atoms with van der Waals surface area (Å²) in [6.45, 7) is 0. The van der Waals surface area contributed by atoms with Crippen molar-refractivity contribution in [1.82, 2.24) is 0 Å². The smallest absolute Gasteiger partial charge is 0.504 e. The zero-order chi connectivity index (χ0) is 20.7. The third-order valence-electron chi connectivity index (χ3n) is 3.78. The van der Waals surface area contributed by atoms with Gasteiger partial charge in [-0.1, -0.05) is 30.3 Å². The third kappa shape index (κ3) is 4.73. The van der Waals surface area contributed by atoms with Crippen molar-refractivity contribution in [3.05, 3.63) is 53.6 Å². The molecule has 0 heterocycles. The number of anilines is 1. The zero-order valence-electron chi connectivity index (χ0n) is 15.2. The summed E-state index contributed by atoms with van der Waals surface area (Å²) in [4.78, 5) is 10.0. The van der Waals surface area contributed by atoms with E-state index >= 15 is 0 Å². The van der Waals surface area contributed by atoms with Crippen LogP contribution < -0.4 is 5.43 Å². The summed E-state index contributed by atoms with van der Waals surface area (Å²) >= 11 is 0. The number of fused-ring (bicyclic) bond motifs is 1. The number of phenolic OH excluding ortho intramolecular Hbond substituents is 1. The molecule has 0 aliphatic heterocycles. The molecule has 10 nitrogen and oxygen atoms in total. The average molecular weight is 477 g/mol. The van der Waals surface area contributed by atoms with Gasteiger partial charge in [-0.15, -0.1) is 0 Å². The van der Waals surface area contributed by atoms with Crippen LogP contribution in [0.3, 0.4) is 0 Å². The van der Waals surface area contributed by atoms with Crippen molar-refractivity contribution >= 4 is 43.5 Å². The number of ketones is 1. The van der Waals surface area contributed by atoms with Crippen molar-refractivity contribution in [2.24, 2.45) is 5.10 Å². The van der Waals surface area contributed by atoms with Crippen LogP contribution in [0.5, 0.6) is 5.75 Å². The van der Waals surface area contributed by atoms with Gasteiger partial charge < -0.3 is 5.11 Å². The average Bonchev–Trinajstić information content (AvgIpc) is 2.60. The Morgan fingerprint density at radius 2 is 1.62 bits per heavy atom. The van der Waals surface area contributed by atoms with Gasteiger partial charge in [0.15, 0.2) is 5.75 Å². The first-order valence-electron chi connectivity index (χ1n) is 7.46. The van der Waals surface area contributed by atoms with Gasteiger partial charge in [-0.05, 0) is 23.8 Å². The van der Waals surface area contributed by atoms with Crippen LogP contribution >= 0.6 is 0 Å². The van der Waals surface area contributed by atoms with Crippen molar-refractivity contribution in [1.29, 1.82) is 0 Å². The predicted molar refractivity (Wildman–Crippen MR) is 99.5 cm³/mol. The largest absolute Gasteiger partial charge is 1.00 e. The Balaban J connectivity index is 0.00000225. The first kappa shape index (κ1) is 22.8. The van der Waals surface area contributed by atoms with Crippen LogP contribution in [-0.2, 0) is 42.4 Å². The van der Waals surface area contributed by atoms with E-state index in [1.165, 1.54) is 6.08 Å². The maximum Gasteiger partial charge on any atom is 1.00 e. The molecule has 0 atom stereocenters. The van der Waals surface area contributed by atoms with Crippen LogP contribution in [-0.4, -0.2) is 42.5 Å². The van der Waals surface area contributed by atoms with Gasteiger partial charge in [-0.2, -0.15) is 21.9 Å². The minimum absolute atomic E-state index is 0. The van der Waals surface area contributed by atoms with Gasteiger partial charge in [0.2, 0.25) is 5.78 Å². The first-order valence-corrected chi connectivity index (χ1v) is 10.3. The van der Waals surface area contributed by atoms with Crippen LogP contribution in [0, 0.1) is 0 Å². The summed E-state index contributed by atoms with van der Waals surface area (Å²) in [6.07, 6.45) is 2.82.